The Labute approximate surface area is 132 Å². The van der Waals surface area contributed by atoms with Gasteiger partial charge >= 0.3 is 11.9 Å². The smallest absolute Gasteiger partial charge is 0.344 e. The molecule has 0 aliphatic carbocycles. The molecule has 128 valence electrons. The van der Waals surface area contributed by atoms with E-state index in [2.05, 4.69) is 18.6 Å². The highest BCUT2D eigenvalue weighted by atomic mass is 16.7. The van der Waals surface area contributed by atoms with Crippen LogP contribution in [0.4, 0.5) is 0 Å². The Bertz CT molecular complexity index is 424. The summed E-state index contributed by atoms with van der Waals surface area (Å²) in [5.74, 6) is -1.10. The minimum absolute atomic E-state index is 0.106. The molecule has 1 aliphatic heterocycles. The van der Waals surface area contributed by atoms with Gasteiger partial charge in [0.05, 0.1) is 12.2 Å². The Morgan fingerprint density at radius 2 is 1.77 bits per heavy atom. The number of hydrogen-bond donors (Lipinski definition) is 0. The van der Waals surface area contributed by atoms with Crippen molar-refractivity contribution >= 4 is 11.9 Å². The van der Waals surface area contributed by atoms with E-state index in [1.807, 2.05) is 27.7 Å². The highest BCUT2D eigenvalue weighted by molar-refractivity contribution is 5.75. The van der Waals surface area contributed by atoms with E-state index in [-0.39, 0.29) is 24.2 Å². The van der Waals surface area contributed by atoms with Gasteiger partial charge in [0, 0.05) is 17.8 Å². The Morgan fingerprint density at radius 1 is 1.18 bits per heavy atom. The summed E-state index contributed by atoms with van der Waals surface area (Å²) in [5.41, 5.74) is -0.972. The first-order valence-electron chi connectivity index (χ1n) is 7.46. The van der Waals surface area contributed by atoms with E-state index in [1.54, 1.807) is 0 Å². The second-order valence-electron chi connectivity index (χ2n) is 7.58. The van der Waals surface area contributed by atoms with Crippen molar-refractivity contribution in [3.63, 3.8) is 0 Å². The Morgan fingerprint density at radius 3 is 2.27 bits per heavy atom. The summed E-state index contributed by atoms with van der Waals surface area (Å²) < 4.78 is 21.7. The summed E-state index contributed by atoms with van der Waals surface area (Å²) in [5, 5.41) is 0. The Balaban J connectivity index is 2.56. The maximum atomic E-state index is 11.5. The largest absolute Gasteiger partial charge is 0.462 e. The summed E-state index contributed by atoms with van der Waals surface area (Å²) in [6, 6.07) is 0. The average Bonchev–Trinajstić information content (AvgIpc) is 2.37. The first kappa shape index (κ1) is 18.9. The van der Waals surface area contributed by atoms with Crippen LogP contribution >= 0.6 is 0 Å². The van der Waals surface area contributed by atoms with Crippen molar-refractivity contribution in [1.29, 1.82) is 0 Å². The lowest BCUT2D eigenvalue weighted by atomic mass is 9.76. The lowest BCUT2D eigenvalue weighted by molar-refractivity contribution is -0.329. The monoisotopic (exact) mass is 316 g/mol. The zero-order valence-electron chi connectivity index (χ0n) is 14.6. The van der Waals surface area contributed by atoms with Crippen LogP contribution in [0, 0.1) is 10.8 Å². The molecule has 1 saturated heterocycles. The molecule has 1 heterocycles. The van der Waals surface area contributed by atoms with Crippen LogP contribution in [0.25, 0.3) is 0 Å². The Kier molecular flexibility index (Phi) is 5.62. The van der Waals surface area contributed by atoms with Crippen LogP contribution in [-0.2, 0) is 28.5 Å². The van der Waals surface area contributed by atoms with Gasteiger partial charge in [-0.3, -0.25) is 4.79 Å². The minimum atomic E-state index is -0.585. The normalized spacial score (nSPS) is 23.7. The van der Waals surface area contributed by atoms with Crippen molar-refractivity contribution in [2.75, 3.05) is 19.8 Å². The van der Waals surface area contributed by atoms with Gasteiger partial charge in [-0.15, -0.1) is 0 Å². The van der Waals surface area contributed by atoms with Crippen LogP contribution in [0.1, 0.15) is 48.5 Å². The number of carbonyl (C=O) groups is 2. The van der Waals surface area contributed by atoms with Crippen molar-refractivity contribution < 1.29 is 28.5 Å². The molecule has 0 saturated carbocycles. The molecule has 0 radical (unpaired) electrons. The van der Waals surface area contributed by atoms with Crippen LogP contribution in [0.5, 0.6) is 0 Å². The van der Waals surface area contributed by atoms with E-state index in [4.69, 9.17) is 14.2 Å². The third-order valence-corrected chi connectivity index (χ3v) is 4.26. The lowest BCUT2D eigenvalue weighted by Gasteiger charge is -2.51. The summed E-state index contributed by atoms with van der Waals surface area (Å²) >= 11 is 0. The first-order chi connectivity index (χ1) is 9.87. The minimum Gasteiger partial charge on any atom is -0.462 e. The fourth-order valence-electron chi connectivity index (χ4n) is 1.84. The topological polar surface area (TPSA) is 71.1 Å². The molecule has 0 aromatic rings. The number of rotatable bonds is 5. The zero-order valence-corrected chi connectivity index (χ0v) is 14.6. The summed E-state index contributed by atoms with van der Waals surface area (Å²) in [4.78, 5) is 22.2. The van der Waals surface area contributed by atoms with Crippen LogP contribution in [-0.4, -0.2) is 43.7 Å². The van der Waals surface area contributed by atoms with E-state index in [1.165, 1.54) is 6.92 Å². The summed E-state index contributed by atoms with van der Waals surface area (Å²) in [6.07, 6.45) is -0.475. The molecule has 1 unspecified atom stereocenters. The fourth-order valence-corrected chi connectivity index (χ4v) is 1.84. The molecule has 0 bridgehead atoms. The van der Waals surface area contributed by atoms with E-state index in [9.17, 15) is 9.59 Å². The van der Waals surface area contributed by atoms with Gasteiger partial charge in [-0.25, -0.2) is 4.79 Å². The molecule has 0 spiro atoms. The van der Waals surface area contributed by atoms with E-state index in [0.29, 0.717) is 6.61 Å². The van der Waals surface area contributed by atoms with Crippen LogP contribution in [0.15, 0.2) is 0 Å². The average molecular weight is 316 g/mol. The van der Waals surface area contributed by atoms with Gasteiger partial charge in [-0.05, 0) is 13.8 Å². The lowest BCUT2D eigenvalue weighted by Crippen LogP contribution is -2.56. The van der Waals surface area contributed by atoms with E-state index < -0.39 is 23.6 Å². The number of esters is 2. The SMILES string of the molecule is CC(=O)OCC(=O)OCC(C)(C)C1OCC(C)(C)C(C)(C)O1. The van der Waals surface area contributed by atoms with Gasteiger partial charge < -0.3 is 18.9 Å². The number of ether oxygens (including phenoxy) is 4. The van der Waals surface area contributed by atoms with Crippen molar-refractivity contribution in [2.24, 2.45) is 10.8 Å². The number of carbonyl (C=O) groups excluding carboxylic acids is 2. The second kappa shape index (κ2) is 6.54. The Hall–Kier alpha value is -1.14. The van der Waals surface area contributed by atoms with Gasteiger partial charge in [0.2, 0.25) is 0 Å². The zero-order chi connectivity index (χ0) is 17.2. The molecule has 1 aliphatic rings. The van der Waals surface area contributed by atoms with E-state index >= 15 is 0 Å². The second-order valence-corrected chi connectivity index (χ2v) is 7.58. The van der Waals surface area contributed by atoms with Crippen LogP contribution in [0.3, 0.4) is 0 Å². The van der Waals surface area contributed by atoms with Gasteiger partial charge in [0.15, 0.2) is 12.9 Å². The van der Waals surface area contributed by atoms with Gasteiger partial charge in [0.1, 0.15) is 6.61 Å². The fraction of sp³-hybridized carbons (Fsp3) is 0.875. The third-order valence-electron chi connectivity index (χ3n) is 4.26. The van der Waals surface area contributed by atoms with Crippen molar-refractivity contribution in [3.8, 4) is 0 Å². The molecule has 1 atom stereocenters. The molecule has 1 rings (SSSR count). The van der Waals surface area contributed by atoms with Crippen molar-refractivity contribution in [3.05, 3.63) is 0 Å². The predicted molar refractivity (Wildman–Crippen MR) is 80.1 cm³/mol. The molecule has 6 nitrogen and oxygen atoms in total. The molecule has 0 N–H and O–H groups in total. The highest BCUT2D eigenvalue weighted by Gasteiger charge is 2.48. The molecule has 6 heteroatoms. The van der Waals surface area contributed by atoms with Crippen molar-refractivity contribution in [2.45, 2.75) is 60.4 Å². The first-order valence-corrected chi connectivity index (χ1v) is 7.46. The molecule has 22 heavy (non-hydrogen) atoms. The maximum Gasteiger partial charge on any atom is 0.344 e. The van der Waals surface area contributed by atoms with Crippen molar-refractivity contribution in [1.82, 2.24) is 0 Å². The summed E-state index contributed by atoms with van der Waals surface area (Å²) in [6.45, 7) is 13.6. The van der Waals surface area contributed by atoms with Gasteiger partial charge in [0.25, 0.3) is 0 Å². The number of hydrogen-bond acceptors (Lipinski definition) is 6. The molecular formula is C16H28O6. The third kappa shape index (κ3) is 4.68. The predicted octanol–water partition coefficient (Wildman–Crippen LogP) is 2.30. The molecule has 0 aromatic heterocycles. The molecule has 1 fully saturated rings. The van der Waals surface area contributed by atoms with E-state index in [0.717, 1.165) is 0 Å². The van der Waals surface area contributed by atoms with Gasteiger partial charge in [-0.1, -0.05) is 27.7 Å². The maximum absolute atomic E-state index is 11.5. The quantitative estimate of drug-likeness (QED) is 0.725. The molecule has 0 amide bonds. The van der Waals surface area contributed by atoms with Crippen LogP contribution in [0.2, 0.25) is 0 Å². The standard InChI is InChI=1S/C16H28O6/c1-11(17)19-8-12(18)20-9-14(2,3)13-21-10-15(4,5)16(6,7)22-13/h13H,8-10H2,1-7H3. The van der Waals surface area contributed by atoms with Gasteiger partial charge in [-0.2, -0.15) is 0 Å². The van der Waals surface area contributed by atoms with Crippen LogP contribution < -0.4 is 0 Å². The highest BCUT2D eigenvalue weighted by Crippen LogP contribution is 2.43. The summed E-state index contributed by atoms with van der Waals surface area (Å²) in [7, 11) is 0. The molecular weight excluding hydrogens is 288 g/mol. The molecule has 0 aromatic carbocycles.